The van der Waals surface area contributed by atoms with E-state index in [1.807, 2.05) is 61.5 Å². The molecule has 1 saturated heterocycles. The van der Waals surface area contributed by atoms with Gasteiger partial charge in [-0.25, -0.2) is 0 Å². The molecule has 5 heteroatoms. The fourth-order valence-corrected chi connectivity index (χ4v) is 2.64. The Morgan fingerprint density at radius 3 is 2.48 bits per heavy atom. The van der Waals surface area contributed by atoms with Crippen molar-refractivity contribution in [1.29, 1.82) is 0 Å². The third-order valence-electron chi connectivity index (χ3n) is 3.39. The van der Waals surface area contributed by atoms with Gasteiger partial charge in [0.15, 0.2) is 5.11 Å². The van der Waals surface area contributed by atoms with E-state index in [1.165, 1.54) is 4.90 Å². The van der Waals surface area contributed by atoms with E-state index in [4.69, 9.17) is 17.0 Å². The highest BCUT2D eigenvalue weighted by molar-refractivity contribution is 7.80. The third kappa shape index (κ3) is 3.24. The molecule has 4 nitrogen and oxygen atoms in total. The molecule has 1 N–H and O–H groups in total. The molecule has 116 valence electrons. The lowest BCUT2D eigenvalue weighted by molar-refractivity contribution is -0.113. The Morgan fingerprint density at radius 2 is 1.83 bits per heavy atom. The summed E-state index contributed by atoms with van der Waals surface area (Å²) in [4.78, 5) is 14.1. The average molecular weight is 324 g/mol. The number of nitrogens with zero attached hydrogens (tertiary/aromatic N) is 1. The van der Waals surface area contributed by atoms with Gasteiger partial charge in [-0.1, -0.05) is 30.3 Å². The van der Waals surface area contributed by atoms with Crippen LogP contribution in [0.5, 0.6) is 5.75 Å². The normalized spacial score (nSPS) is 15.9. The minimum absolute atomic E-state index is 0.164. The molecule has 0 spiro atoms. The average Bonchev–Trinajstić information content (AvgIpc) is 2.84. The molecule has 0 aliphatic carbocycles. The summed E-state index contributed by atoms with van der Waals surface area (Å²) < 4.78 is 5.41. The number of nitrogens with one attached hydrogen (secondary N) is 1. The molecule has 1 fully saturated rings. The van der Waals surface area contributed by atoms with Gasteiger partial charge < -0.3 is 10.1 Å². The van der Waals surface area contributed by atoms with Crippen LogP contribution in [0.4, 0.5) is 5.69 Å². The predicted octanol–water partition coefficient (Wildman–Crippen LogP) is 3.35. The second kappa shape index (κ2) is 6.62. The molecule has 0 atom stereocenters. The van der Waals surface area contributed by atoms with Gasteiger partial charge in [0.25, 0.3) is 5.91 Å². The van der Waals surface area contributed by atoms with Gasteiger partial charge in [-0.15, -0.1) is 0 Å². The molecule has 0 unspecified atom stereocenters. The summed E-state index contributed by atoms with van der Waals surface area (Å²) in [5, 5.41) is 3.35. The number of hydrogen-bond acceptors (Lipinski definition) is 3. The van der Waals surface area contributed by atoms with Crippen molar-refractivity contribution < 1.29 is 9.53 Å². The Bertz CT molecular complexity index is 754. The standard InChI is InChI=1S/C18H16N2O2S/c1-2-22-15-10-8-14(9-11-15)20-17(21)16(19-18(20)23)12-13-6-4-3-5-7-13/h3-12H,2H2,1H3,(H,19,23)/b16-12-. The number of rotatable bonds is 4. The SMILES string of the molecule is CCOc1ccc(N2C(=O)/C(=C/c3ccccc3)NC2=S)cc1. The lowest BCUT2D eigenvalue weighted by Crippen LogP contribution is -2.30. The molecular formula is C18H16N2O2S. The zero-order valence-corrected chi connectivity index (χ0v) is 13.5. The van der Waals surface area contributed by atoms with Crippen LogP contribution in [0.1, 0.15) is 12.5 Å². The largest absolute Gasteiger partial charge is 0.494 e. The van der Waals surface area contributed by atoms with E-state index in [-0.39, 0.29) is 5.91 Å². The molecule has 0 saturated carbocycles. The Labute approximate surface area is 140 Å². The van der Waals surface area contributed by atoms with Gasteiger partial charge in [0.05, 0.1) is 12.3 Å². The summed E-state index contributed by atoms with van der Waals surface area (Å²) in [5.74, 6) is 0.602. The molecule has 1 aliphatic rings. The first-order valence-electron chi connectivity index (χ1n) is 7.34. The van der Waals surface area contributed by atoms with Crippen LogP contribution in [-0.2, 0) is 4.79 Å². The molecule has 0 bridgehead atoms. The first-order chi connectivity index (χ1) is 11.2. The second-order valence-corrected chi connectivity index (χ2v) is 5.35. The van der Waals surface area contributed by atoms with E-state index in [1.54, 1.807) is 6.08 Å². The number of thiocarbonyl (C=S) groups is 1. The summed E-state index contributed by atoms with van der Waals surface area (Å²) >= 11 is 5.30. The molecule has 1 amide bonds. The van der Waals surface area contributed by atoms with Crippen molar-refractivity contribution in [1.82, 2.24) is 5.32 Å². The topological polar surface area (TPSA) is 41.6 Å². The maximum atomic E-state index is 12.6. The highest BCUT2D eigenvalue weighted by atomic mass is 32.1. The van der Waals surface area contributed by atoms with Gasteiger partial charge in [0, 0.05) is 0 Å². The van der Waals surface area contributed by atoms with Gasteiger partial charge in [0.1, 0.15) is 11.4 Å². The predicted molar refractivity (Wildman–Crippen MR) is 95.2 cm³/mol. The summed E-state index contributed by atoms with van der Waals surface area (Å²) in [6, 6.07) is 17.0. The van der Waals surface area contributed by atoms with E-state index >= 15 is 0 Å². The van der Waals surface area contributed by atoms with Crippen LogP contribution < -0.4 is 15.0 Å². The fourth-order valence-electron chi connectivity index (χ4n) is 2.34. The monoisotopic (exact) mass is 324 g/mol. The molecule has 1 heterocycles. The summed E-state index contributed by atoms with van der Waals surface area (Å²) in [6.45, 7) is 2.53. The first kappa shape index (κ1) is 15.2. The number of amides is 1. The Hall–Kier alpha value is -2.66. The first-order valence-corrected chi connectivity index (χ1v) is 7.75. The van der Waals surface area contributed by atoms with Crippen molar-refractivity contribution in [3.63, 3.8) is 0 Å². The highest BCUT2D eigenvalue weighted by Gasteiger charge is 2.31. The lowest BCUT2D eigenvalue weighted by atomic mass is 10.2. The van der Waals surface area contributed by atoms with Crippen molar-refractivity contribution in [2.75, 3.05) is 11.5 Å². The fraction of sp³-hybridized carbons (Fsp3) is 0.111. The van der Waals surface area contributed by atoms with Crippen molar-refractivity contribution in [2.45, 2.75) is 6.92 Å². The lowest BCUT2D eigenvalue weighted by Gasteiger charge is -2.14. The number of anilines is 1. The van der Waals surface area contributed by atoms with E-state index in [2.05, 4.69) is 5.32 Å². The van der Waals surface area contributed by atoms with Crippen LogP contribution in [0.25, 0.3) is 6.08 Å². The number of benzene rings is 2. The molecular weight excluding hydrogens is 308 g/mol. The minimum Gasteiger partial charge on any atom is -0.494 e. The number of ether oxygens (including phenoxy) is 1. The molecule has 1 aliphatic heterocycles. The van der Waals surface area contributed by atoms with Gasteiger partial charge in [-0.05, 0) is 55.0 Å². The van der Waals surface area contributed by atoms with E-state index in [0.29, 0.717) is 23.1 Å². The maximum Gasteiger partial charge on any atom is 0.281 e. The number of hydrogen-bond donors (Lipinski definition) is 1. The van der Waals surface area contributed by atoms with E-state index < -0.39 is 0 Å². The number of carbonyl (C=O) groups excluding carboxylic acids is 1. The smallest absolute Gasteiger partial charge is 0.281 e. The van der Waals surface area contributed by atoms with Gasteiger partial charge in [-0.2, -0.15) is 0 Å². The molecule has 0 aromatic heterocycles. The van der Waals surface area contributed by atoms with Crippen LogP contribution in [0, 0.1) is 0 Å². The quantitative estimate of drug-likeness (QED) is 0.692. The summed E-state index contributed by atoms with van der Waals surface area (Å²) in [5.41, 5.74) is 2.13. The third-order valence-corrected chi connectivity index (χ3v) is 3.68. The van der Waals surface area contributed by atoms with Crippen LogP contribution in [-0.4, -0.2) is 17.6 Å². The van der Waals surface area contributed by atoms with Crippen LogP contribution in [0.15, 0.2) is 60.3 Å². The minimum atomic E-state index is -0.164. The van der Waals surface area contributed by atoms with Gasteiger partial charge >= 0.3 is 0 Å². The van der Waals surface area contributed by atoms with Crippen molar-refractivity contribution in [2.24, 2.45) is 0 Å². The van der Waals surface area contributed by atoms with Crippen molar-refractivity contribution in [3.8, 4) is 5.75 Å². The summed E-state index contributed by atoms with van der Waals surface area (Å²) in [6.07, 6.45) is 1.79. The molecule has 3 rings (SSSR count). The van der Waals surface area contributed by atoms with E-state index in [9.17, 15) is 4.79 Å². The van der Waals surface area contributed by atoms with Gasteiger partial charge in [-0.3, -0.25) is 9.69 Å². The van der Waals surface area contributed by atoms with Gasteiger partial charge in [0.2, 0.25) is 0 Å². The Kier molecular flexibility index (Phi) is 4.39. The Balaban J connectivity index is 1.85. The molecule has 23 heavy (non-hydrogen) atoms. The van der Waals surface area contributed by atoms with E-state index in [0.717, 1.165) is 11.3 Å². The zero-order valence-electron chi connectivity index (χ0n) is 12.7. The molecule has 2 aromatic carbocycles. The van der Waals surface area contributed by atoms with Crippen LogP contribution in [0.3, 0.4) is 0 Å². The summed E-state index contributed by atoms with van der Waals surface area (Å²) in [7, 11) is 0. The van der Waals surface area contributed by atoms with Crippen molar-refractivity contribution in [3.05, 3.63) is 65.9 Å². The second-order valence-electron chi connectivity index (χ2n) is 4.97. The highest BCUT2D eigenvalue weighted by Crippen LogP contribution is 2.24. The van der Waals surface area contributed by atoms with Crippen LogP contribution >= 0.6 is 12.2 Å². The maximum absolute atomic E-state index is 12.6. The van der Waals surface area contributed by atoms with Crippen LogP contribution in [0.2, 0.25) is 0 Å². The van der Waals surface area contributed by atoms with Crippen molar-refractivity contribution >= 4 is 35.0 Å². The molecule has 2 aromatic rings. The Morgan fingerprint density at radius 1 is 1.13 bits per heavy atom. The number of carbonyl (C=O) groups is 1. The molecule has 0 radical (unpaired) electrons. The zero-order chi connectivity index (χ0) is 16.2.